The minimum Gasteiger partial charge on any atom is -0.375 e. The average Bonchev–Trinajstić information content (AvgIpc) is 3.54. The fraction of sp³-hybridized carbons (Fsp3) is 0.100. The van der Waals surface area contributed by atoms with E-state index in [0.29, 0.717) is 18.4 Å². The van der Waals surface area contributed by atoms with Gasteiger partial charge in [-0.2, -0.15) is 21.6 Å². The Hall–Kier alpha value is -5.14. The molecule has 3 aliphatic rings. The summed E-state index contributed by atoms with van der Waals surface area (Å²) in [6.07, 6.45) is 5.20. The largest absolute Gasteiger partial charge is 0.534 e. The molecule has 0 bridgehead atoms. The van der Waals surface area contributed by atoms with Crippen molar-refractivity contribution in [2.24, 2.45) is 0 Å². The van der Waals surface area contributed by atoms with Crippen molar-refractivity contribution in [2.45, 2.75) is 23.8 Å². The first-order valence-electron chi connectivity index (χ1n) is 15.4. The van der Waals surface area contributed by atoms with E-state index in [1.807, 2.05) is 72.8 Å². The van der Waals surface area contributed by atoms with Crippen LogP contribution in [0.2, 0.25) is 0 Å². The highest BCUT2D eigenvalue weighted by atomic mass is 32.2. The Morgan fingerprint density at radius 3 is 1.85 bits per heavy atom. The van der Waals surface area contributed by atoms with Gasteiger partial charge in [-0.3, -0.25) is 0 Å². The van der Waals surface area contributed by atoms with Crippen LogP contribution < -0.4 is 4.18 Å². The molecule has 3 nitrogen and oxygen atoms in total. The topological polar surface area (TPSA) is 43.4 Å². The van der Waals surface area contributed by atoms with E-state index in [-0.39, 0.29) is 11.3 Å². The SMILES string of the molecule is O=S(=O)(Oc1cc2c(cc1-c1cc3c(c4ccccc14)-c1ccccc1C31c3ccccc3-c3ccccc31)C=CCC2)C(F)(F)F. The normalized spacial score (nSPS) is 15.2. The van der Waals surface area contributed by atoms with Gasteiger partial charge in [-0.15, -0.1) is 0 Å². The van der Waals surface area contributed by atoms with Crippen molar-refractivity contribution in [1.82, 2.24) is 0 Å². The van der Waals surface area contributed by atoms with Crippen LogP contribution in [0.4, 0.5) is 13.2 Å². The lowest BCUT2D eigenvalue weighted by Crippen LogP contribution is -2.28. The highest BCUT2D eigenvalue weighted by Gasteiger charge is 2.52. The molecule has 0 aromatic heterocycles. The third-order valence-corrected chi connectivity index (χ3v) is 10.9. The van der Waals surface area contributed by atoms with Crippen molar-refractivity contribution in [2.75, 3.05) is 0 Å². The Balaban J connectivity index is 1.43. The van der Waals surface area contributed by atoms with Crippen LogP contribution in [0.5, 0.6) is 5.75 Å². The maximum absolute atomic E-state index is 13.7. The molecule has 0 saturated carbocycles. The van der Waals surface area contributed by atoms with E-state index in [0.717, 1.165) is 66.4 Å². The summed E-state index contributed by atoms with van der Waals surface area (Å²) in [5, 5.41) is 1.70. The summed E-state index contributed by atoms with van der Waals surface area (Å²) < 4.78 is 71.2. The number of alkyl halides is 3. The van der Waals surface area contributed by atoms with Gasteiger partial charge in [-0.1, -0.05) is 109 Å². The highest BCUT2D eigenvalue weighted by Crippen LogP contribution is 2.64. The summed E-state index contributed by atoms with van der Waals surface area (Å²) in [5.41, 5.74) is 4.90. The summed E-state index contributed by atoms with van der Waals surface area (Å²) in [4.78, 5) is 0. The summed E-state index contributed by atoms with van der Waals surface area (Å²) in [6.45, 7) is 0. The van der Waals surface area contributed by atoms with Crippen molar-refractivity contribution in [1.29, 1.82) is 0 Å². The van der Waals surface area contributed by atoms with Crippen molar-refractivity contribution in [3.05, 3.63) is 155 Å². The quantitative estimate of drug-likeness (QED) is 0.142. The van der Waals surface area contributed by atoms with Gasteiger partial charge >= 0.3 is 15.6 Å². The number of hydrogen-bond acceptors (Lipinski definition) is 3. The highest BCUT2D eigenvalue weighted by molar-refractivity contribution is 7.88. The van der Waals surface area contributed by atoms with E-state index in [4.69, 9.17) is 4.18 Å². The van der Waals surface area contributed by atoms with E-state index >= 15 is 0 Å². The van der Waals surface area contributed by atoms with E-state index in [9.17, 15) is 21.6 Å². The number of hydrogen-bond donors (Lipinski definition) is 0. The molecule has 6 aromatic rings. The molecule has 0 heterocycles. The zero-order valence-electron chi connectivity index (χ0n) is 24.8. The summed E-state index contributed by atoms with van der Waals surface area (Å²) in [7, 11) is -5.94. The van der Waals surface area contributed by atoms with Crippen molar-refractivity contribution >= 4 is 27.0 Å². The lowest BCUT2D eigenvalue weighted by atomic mass is 9.70. The third-order valence-electron chi connectivity index (χ3n) is 9.89. The Morgan fingerprint density at radius 1 is 0.617 bits per heavy atom. The Kier molecular flexibility index (Phi) is 5.79. The Labute approximate surface area is 269 Å². The van der Waals surface area contributed by atoms with Gasteiger partial charge in [0.05, 0.1) is 5.41 Å². The molecule has 0 saturated heterocycles. The Bertz CT molecular complexity index is 2410. The number of aryl methyl sites for hydroxylation is 1. The van der Waals surface area contributed by atoms with E-state index in [1.165, 1.54) is 6.07 Å². The van der Waals surface area contributed by atoms with Crippen LogP contribution in [-0.4, -0.2) is 13.9 Å². The second kappa shape index (κ2) is 9.69. The molecule has 230 valence electrons. The summed E-state index contributed by atoms with van der Waals surface area (Å²) in [5.74, 6) is -0.335. The standard InChI is InChI=1S/C40H25F3O3S/c41-40(42,43)47(44,45)46-37-22-25-12-2-1-11-24(25)21-32(37)31-23-36-38(29-16-4-3-13-26(29)31)30-17-7-10-20-35(30)39(36)33-18-8-5-14-27(33)28-15-6-9-19-34(28)39/h1,3-11,13-23H,2,12H2. The molecule has 1 spiro atoms. The summed E-state index contributed by atoms with van der Waals surface area (Å²) >= 11 is 0. The van der Waals surface area contributed by atoms with Crippen LogP contribution in [0.25, 0.3) is 50.2 Å². The molecular formula is C40H25F3O3S. The molecule has 7 heteroatoms. The molecule has 0 N–H and O–H groups in total. The molecule has 0 atom stereocenters. The van der Waals surface area contributed by atoms with E-state index < -0.39 is 21.0 Å². The van der Waals surface area contributed by atoms with Gasteiger partial charge in [0, 0.05) is 5.56 Å². The second-order valence-corrected chi connectivity index (χ2v) is 13.8. The van der Waals surface area contributed by atoms with Crippen molar-refractivity contribution in [3.8, 4) is 39.1 Å². The molecule has 6 aromatic carbocycles. The predicted octanol–water partition coefficient (Wildman–Crippen LogP) is 10.0. The monoisotopic (exact) mass is 642 g/mol. The fourth-order valence-corrected chi connectivity index (χ4v) is 8.55. The molecular weight excluding hydrogens is 617 g/mol. The van der Waals surface area contributed by atoms with Gasteiger partial charge in [0.15, 0.2) is 5.75 Å². The van der Waals surface area contributed by atoms with Crippen LogP contribution >= 0.6 is 0 Å². The molecule has 0 amide bonds. The van der Waals surface area contributed by atoms with Crippen LogP contribution in [0.1, 0.15) is 39.8 Å². The predicted molar refractivity (Wildman–Crippen MR) is 179 cm³/mol. The third kappa shape index (κ3) is 3.77. The second-order valence-electron chi connectivity index (χ2n) is 12.3. The van der Waals surface area contributed by atoms with Gasteiger partial charge in [0.25, 0.3) is 0 Å². The molecule has 0 unspecified atom stereocenters. The van der Waals surface area contributed by atoms with Crippen LogP contribution in [0, 0.1) is 0 Å². The number of fused-ring (bicyclic) bond motifs is 13. The van der Waals surface area contributed by atoms with E-state index in [2.05, 4.69) is 42.5 Å². The molecule has 0 fully saturated rings. The van der Waals surface area contributed by atoms with Gasteiger partial charge in [0.2, 0.25) is 0 Å². The lowest BCUT2D eigenvalue weighted by Gasteiger charge is -2.31. The van der Waals surface area contributed by atoms with Gasteiger partial charge < -0.3 is 4.18 Å². The van der Waals surface area contributed by atoms with Gasteiger partial charge in [0.1, 0.15) is 0 Å². The average molecular weight is 643 g/mol. The lowest BCUT2D eigenvalue weighted by molar-refractivity contribution is -0.0499. The maximum atomic E-state index is 13.7. The summed E-state index contributed by atoms with van der Waals surface area (Å²) in [6, 6.07) is 38.2. The van der Waals surface area contributed by atoms with Crippen LogP contribution in [0.3, 0.4) is 0 Å². The van der Waals surface area contributed by atoms with Crippen molar-refractivity contribution < 1.29 is 25.8 Å². The maximum Gasteiger partial charge on any atom is 0.534 e. The number of rotatable bonds is 3. The first-order valence-corrected chi connectivity index (χ1v) is 16.8. The molecule has 3 aliphatic carbocycles. The minimum atomic E-state index is -5.94. The first kappa shape index (κ1) is 28.1. The van der Waals surface area contributed by atoms with Gasteiger partial charge in [-0.05, 0) is 103 Å². The molecule has 9 rings (SSSR count). The number of allylic oxidation sites excluding steroid dienone is 1. The van der Waals surface area contributed by atoms with Crippen LogP contribution in [-0.2, 0) is 22.0 Å². The number of benzene rings is 6. The van der Waals surface area contributed by atoms with Crippen LogP contribution in [0.15, 0.2) is 121 Å². The molecule has 0 radical (unpaired) electrons. The zero-order chi connectivity index (χ0) is 32.1. The van der Waals surface area contributed by atoms with Gasteiger partial charge in [-0.25, -0.2) is 0 Å². The number of halogens is 3. The molecule has 0 aliphatic heterocycles. The smallest absolute Gasteiger partial charge is 0.375 e. The Morgan fingerprint density at radius 2 is 1.19 bits per heavy atom. The first-order chi connectivity index (χ1) is 22.7. The van der Waals surface area contributed by atoms with E-state index in [1.54, 1.807) is 6.07 Å². The fourth-order valence-electron chi connectivity index (χ4n) is 8.08. The van der Waals surface area contributed by atoms with Crippen molar-refractivity contribution in [3.63, 3.8) is 0 Å². The zero-order valence-corrected chi connectivity index (χ0v) is 25.6. The molecule has 47 heavy (non-hydrogen) atoms. The minimum absolute atomic E-state index is 0.285.